The Morgan fingerprint density at radius 3 is 2.90 bits per heavy atom. The van der Waals surface area contributed by atoms with E-state index < -0.39 is 5.82 Å². The molecule has 1 aromatic carbocycles. The molecule has 3 rings (SSSR count). The van der Waals surface area contributed by atoms with Crippen LogP contribution in [0, 0.1) is 17.1 Å². The topological polar surface area (TPSA) is 54.5 Å². The van der Waals surface area contributed by atoms with Gasteiger partial charge in [0, 0.05) is 10.9 Å². The Morgan fingerprint density at radius 1 is 1.30 bits per heavy atom. The van der Waals surface area contributed by atoms with Crippen molar-refractivity contribution in [3.8, 4) is 6.07 Å². The Kier molecular flexibility index (Phi) is 3.20. The van der Waals surface area contributed by atoms with E-state index in [2.05, 4.69) is 26.0 Å². The van der Waals surface area contributed by atoms with Gasteiger partial charge in [0.2, 0.25) is 0 Å². The first-order chi connectivity index (χ1) is 9.67. The first kappa shape index (κ1) is 12.8. The molecule has 0 bridgehead atoms. The highest BCUT2D eigenvalue weighted by Gasteiger charge is 2.09. The maximum Gasteiger partial charge on any atom is 0.159 e. The van der Waals surface area contributed by atoms with Crippen molar-refractivity contribution >= 4 is 27.0 Å². The minimum Gasteiger partial charge on any atom is -0.243 e. The van der Waals surface area contributed by atoms with Crippen molar-refractivity contribution in [2.24, 2.45) is 0 Å². The SMILES string of the molecule is N#Cc1ccc(Cn2ncc3ccc(Br)nc32)c(F)c1. The minimum atomic E-state index is -0.414. The molecule has 0 fully saturated rings. The van der Waals surface area contributed by atoms with E-state index >= 15 is 0 Å². The van der Waals surface area contributed by atoms with Crippen LogP contribution in [-0.2, 0) is 6.54 Å². The first-order valence-corrected chi connectivity index (χ1v) is 6.63. The third-order valence-corrected chi connectivity index (χ3v) is 3.40. The molecule has 0 N–H and O–H groups in total. The summed E-state index contributed by atoms with van der Waals surface area (Å²) in [5.74, 6) is -0.414. The molecule has 98 valence electrons. The summed E-state index contributed by atoms with van der Waals surface area (Å²) in [6.07, 6.45) is 1.69. The van der Waals surface area contributed by atoms with Crippen LogP contribution in [0.4, 0.5) is 4.39 Å². The lowest BCUT2D eigenvalue weighted by atomic mass is 10.1. The second kappa shape index (κ2) is 5.02. The predicted octanol–water partition coefficient (Wildman–Crippen LogP) is 3.25. The van der Waals surface area contributed by atoms with Crippen molar-refractivity contribution in [3.63, 3.8) is 0 Å². The fraction of sp³-hybridized carbons (Fsp3) is 0.0714. The lowest BCUT2D eigenvalue weighted by Gasteiger charge is -2.05. The number of pyridine rings is 1. The fourth-order valence-corrected chi connectivity index (χ4v) is 2.25. The average Bonchev–Trinajstić information content (AvgIpc) is 2.83. The largest absolute Gasteiger partial charge is 0.243 e. The van der Waals surface area contributed by atoms with Gasteiger partial charge in [0.1, 0.15) is 10.4 Å². The molecule has 0 amide bonds. The molecule has 0 radical (unpaired) electrons. The molecule has 0 aliphatic carbocycles. The summed E-state index contributed by atoms with van der Waals surface area (Å²) >= 11 is 3.31. The number of fused-ring (bicyclic) bond motifs is 1. The van der Waals surface area contributed by atoms with Gasteiger partial charge in [0.15, 0.2) is 5.65 Å². The Labute approximate surface area is 122 Å². The van der Waals surface area contributed by atoms with E-state index in [1.54, 1.807) is 23.0 Å². The van der Waals surface area contributed by atoms with E-state index in [0.717, 1.165) is 5.39 Å². The highest BCUT2D eigenvalue weighted by atomic mass is 79.9. The van der Waals surface area contributed by atoms with E-state index in [1.165, 1.54) is 6.07 Å². The van der Waals surface area contributed by atoms with E-state index in [4.69, 9.17) is 5.26 Å². The van der Waals surface area contributed by atoms with E-state index in [9.17, 15) is 4.39 Å². The van der Waals surface area contributed by atoms with Crippen molar-refractivity contribution in [1.29, 1.82) is 5.26 Å². The Morgan fingerprint density at radius 2 is 2.15 bits per heavy atom. The molecule has 20 heavy (non-hydrogen) atoms. The molecule has 0 spiro atoms. The Balaban J connectivity index is 2.01. The van der Waals surface area contributed by atoms with Crippen LogP contribution in [0.2, 0.25) is 0 Å². The van der Waals surface area contributed by atoms with Crippen molar-refractivity contribution in [2.75, 3.05) is 0 Å². The molecule has 3 aromatic rings. The molecular weight excluding hydrogens is 323 g/mol. The van der Waals surface area contributed by atoms with Crippen molar-refractivity contribution in [3.05, 3.63) is 58.1 Å². The van der Waals surface area contributed by atoms with Gasteiger partial charge in [-0.05, 0) is 40.2 Å². The van der Waals surface area contributed by atoms with Crippen LogP contribution in [0.5, 0.6) is 0 Å². The molecule has 6 heteroatoms. The predicted molar refractivity (Wildman–Crippen MR) is 75.4 cm³/mol. The maximum absolute atomic E-state index is 13.9. The Hall–Kier alpha value is -2.26. The highest BCUT2D eigenvalue weighted by Crippen LogP contribution is 2.18. The third kappa shape index (κ3) is 2.28. The van der Waals surface area contributed by atoms with Crippen LogP contribution in [0.15, 0.2) is 41.1 Å². The van der Waals surface area contributed by atoms with Crippen LogP contribution >= 0.6 is 15.9 Å². The van der Waals surface area contributed by atoms with Crippen LogP contribution in [0.25, 0.3) is 11.0 Å². The van der Waals surface area contributed by atoms with Crippen LogP contribution < -0.4 is 0 Å². The van der Waals surface area contributed by atoms with Gasteiger partial charge in [-0.1, -0.05) is 6.07 Å². The number of nitrogens with zero attached hydrogens (tertiary/aromatic N) is 4. The van der Waals surface area contributed by atoms with Gasteiger partial charge in [-0.3, -0.25) is 0 Å². The van der Waals surface area contributed by atoms with Gasteiger partial charge in [-0.15, -0.1) is 0 Å². The van der Waals surface area contributed by atoms with E-state index in [-0.39, 0.29) is 6.54 Å². The monoisotopic (exact) mass is 330 g/mol. The molecule has 0 aliphatic rings. The van der Waals surface area contributed by atoms with Crippen molar-refractivity contribution in [2.45, 2.75) is 6.54 Å². The lowest BCUT2D eigenvalue weighted by molar-refractivity contribution is 0.588. The average molecular weight is 331 g/mol. The first-order valence-electron chi connectivity index (χ1n) is 5.84. The van der Waals surface area contributed by atoms with Gasteiger partial charge < -0.3 is 0 Å². The number of aromatic nitrogens is 3. The second-order valence-electron chi connectivity index (χ2n) is 4.27. The van der Waals surface area contributed by atoms with E-state index in [0.29, 0.717) is 21.4 Å². The molecule has 0 atom stereocenters. The Bertz CT molecular complexity index is 835. The normalized spacial score (nSPS) is 10.7. The molecule has 0 saturated heterocycles. The zero-order chi connectivity index (χ0) is 14.1. The molecule has 0 aliphatic heterocycles. The molecule has 2 aromatic heterocycles. The van der Waals surface area contributed by atoms with Crippen LogP contribution in [0.1, 0.15) is 11.1 Å². The number of hydrogen-bond donors (Lipinski definition) is 0. The molecule has 0 saturated carbocycles. The summed E-state index contributed by atoms with van der Waals surface area (Å²) in [6.45, 7) is 0.268. The molecular formula is C14H8BrFN4. The smallest absolute Gasteiger partial charge is 0.159 e. The maximum atomic E-state index is 13.9. The number of nitriles is 1. The van der Waals surface area contributed by atoms with Crippen LogP contribution in [0.3, 0.4) is 0 Å². The third-order valence-electron chi connectivity index (χ3n) is 2.95. The number of rotatable bonds is 2. The van der Waals surface area contributed by atoms with Gasteiger partial charge >= 0.3 is 0 Å². The zero-order valence-corrected chi connectivity index (χ0v) is 11.8. The fourth-order valence-electron chi connectivity index (χ4n) is 1.95. The van der Waals surface area contributed by atoms with Crippen LogP contribution in [-0.4, -0.2) is 14.8 Å². The summed E-state index contributed by atoms with van der Waals surface area (Å²) in [5.41, 5.74) is 1.45. The van der Waals surface area contributed by atoms with Gasteiger partial charge in [-0.25, -0.2) is 14.1 Å². The quantitative estimate of drug-likeness (QED) is 0.678. The summed E-state index contributed by atoms with van der Waals surface area (Å²) < 4.78 is 16.2. The van der Waals surface area contributed by atoms with Gasteiger partial charge in [0.25, 0.3) is 0 Å². The summed E-state index contributed by atoms with van der Waals surface area (Å²) in [7, 11) is 0. The van der Waals surface area contributed by atoms with Crippen molar-refractivity contribution < 1.29 is 4.39 Å². The molecule has 2 heterocycles. The zero-order valence-electron chi connectivity index (χ0n) is 10.2. The summed E-state index contributed by atoms with van der Waals surface area (Å²) in [5, 5.41) is 13.8. The molecule has 0 unspecified atom stereocenters. The molecule has 4 nitrogen and oxygen atoms in total. The standard InChI is InChI=1S/C14H8BrFN4/c15-13-4-3-10-7-18-20(14(10)19-13)8-11-2-1-9(6-17)5-12(11)16/h1-5,7H,8H2. The van der Waals surface area contributed by atoms with Gasteiger partial charge in [-0.2, -0.15) is 10.4 Å². The number of hydrogen-bond acceptors (Lipinski definition) is 3. The lowest BCUT2D eigenvalue weighted by Crippen LogP contribution is -2.04. The van der Waals surface area contributed by atoms with E-state index in [1.807, 2.05) is 18.2 Å². The summed E-state index contributed by atoms with van der Waals surface area (Å²) in [6, 6.07) is 10.0. The summed E-state index contributed by atoms with van der Waals surface area (Å²) in [4.78, 5) is 4.34. The van der Waals surface area contributed by atoms with Gasteiger partial charge in [0.05, 0.1) is 24.4 Å². The number of benzene rings is 1. The highest BCUT2D eigenvalue weighted by molar-refractivity contribution is 9.10. The van der Waals surface area contributed by atoms with Crippen molar-refractivity contribution in [1.82, 2.24) is 14.8 Å². The second-order valence-corrected chi connectivity index (χ2v) is 5.08. The minimum absolute atomic E-state index is 0.268. The number of halogens is 2.